The standard InChI is InChI=1S/C11H22N2O2/c1-9-5-7-13(10(9)8-14)6-3-4-11(15)12-2/h9-10,14H,3-8H2,1-2H3,(H,12,15). The van der Waals surface area contributed by atoms with Gasteiger partial charge in [-0.2, -0.15) is 0 Å². The summed E-state index contributed by atoms with van der Waals surface area (Å²) in [6.07, 6.45) is 2.62. The van der Waals surface area contributed by atoms with Gasteiger partial charge in [0.2, 0.25) is 5.91 Å². The van der Waals surface area contributed by atoms with Crippen LogP contribution < -0.4 is 5.32 Å². The van der Waals surface area contributed by atoms with Gasteiger partial charge in [-0.25, -0.2) is 0 Å². The molecule has 1 fully saturated rings. The molecule has 4 nitrogen and oxygen atoms in total. The van der Waals surface area contributed by atoms with E-state index in [4.69, 9.17) is 0 Å². The summed E-state index contributed by atoms with van der Waals surface area (Å²) < 4.78 is 0. The fourth-order valence-corrected chi connectivity index (χ4v) is 2.23. The van der Waals surface area contributed by atoms with Crippen LogP contribution >= 0.6 is 0 Å². The molecule has 0 bridgehead atoms. The first-order valence-electron chi connectivity index (χ1n) is 5.74. The lowest BCUT2D eigenvalue weighted by Crippen LogP contribution is -2.36. The molecule has 0 aliphatic carbocycles. The Labute approximate surface area is 91.6 Å². The molecule has 0 aromatic heterocycles. The maximum absolute atomic E-state index is 11.0. The molecule has 0 aromatic carbocycles. The molecular weight excluding hydrogens is 192 g/mol. The van der Waals surface area contributed by atoms with Crippen LogP contribution in [-0.2, 0) is 4.79 Å². The Kier molecular flexibility index (Phi) is 5.05. The molecule has 0 spiro atoms. The molecule has 15 heavy (non-hydrogen) atoms. The smallest absolute Gasteiger partial charge is 0.219 e. The normalized spacial score (nSPS) is 26.9. The summed E-state index contributed by atoms with van der Waals surface area (Å²) in [5.74, 6) is 0.679. The minimum Gasteiger partial charge on any atom is -0.395 e. The highest BCUT2D eigenvalue weighted by atomic mass is 16.3. The Morgan fingerprint density at radius 3 is 2.93 bits per heavy atom. The molecule has 2 N–H and O–H groups in total. The van der Waals surface area contributed by atoms with Crippen LogP contribution in [0.4, 0.5) is 0 Å². The third kappa shape index (κ3) is 3.47. The number of nitrogens with zero attached hydrogens (tertiary/aromatic N) is 1. The number of aliphatic hydroxyl groups is 1. The molecule has 0 radical (unpaired) electrons. The van der Waals surface area contributed by atoms with Crippen LogP contribution in [0.1, 0.15) is 26.2 Å². The summed E-state index contributed by atoms with van der Waals surface area (Å²) in [4.78, 5) is 13.3. The summed E-state index contributed by atoms with van der Waals surface area (Å²) >= 11 is 0. The minimum absolute atomic E-state index is 0.0998. The predicted molar refractivity (Wildman–Crippen MR) is 59.5 cm³/mol. The van der Waals surface area contributed by atoms with Crippen molar-refractivity contribution in [2.24, 2.45) is 5.92 Å². The number of aliphatic hydroxyl groups excluding tert-OH is 1. The second kappa shape index (κ2) is 6.08. The molecular formula is C11H22N2O2. The first-order chi connectivity index (χ1) is 7.19. The van der Waals surface area contributed by atoms with Crippen LogP contribution in [-0.4, -0.2) is 48.7 Å². The van der Waals surface area contributed by atoms with Gasteiger partial charge in [0.1, 0.15) is 0 Å². The zero-order chi connectivity index (χ0) is 11.3. The van der Waals surface area contributed by atoms with Crippen molar-refractivity contribution in [3.63, 3.8) is 0 Å². The third-order valence-electron chi connectivity index (χ3n) is 3.31. The number of hydrogen-bond acceptors (Lipinski definition) is 3. The highest BCUT2D eigenvalue weighted by molar-refractivity contribution is 5.75. The van der Waals surface area contributed by atoms with Gasteiger partial charge in [-0.15, -0.1) is 0 Å². The van der Waals surface area contributed by atoms with E-state index >= 15 is 0 Å². The van der Waals surface area contributed by atoms with Crippen molar-refractivity contribution in [1.29, 1.82) is 0 Å². The van der Waals surface area contributed by atoms with Gasteiger partial charge in [0.15, 0.2) is 0 Å². The largest absolute Gasteiger partial charge is 0.395 e. The van der Waals surface area contributed by atoms with Gasteiger partial charge in [0.05, 0.1) is 6.61 Å². The third-order valence-corrected chi connectivity index (χ3v) is 3.31. The van der Waals surface area contributed by atoms with E-state index in [0.29, 0.717) is 18.4 Å². The lowest BCUT2D eigenvalue weighted by atomic mass is 10.0. The van der Waals surface area contributed by atoms with Crippen molar-refractivity contribution in [3.8, 4) is 0 Å². The maximum Gasteiger partial charge on any atom is 0.219 e. The molecule has 2 atom stereocenters. The Hall–Kier alpha value is -0.610. The lowest BCUT2D eigenvalue weighted by molar-refractivity contribution is -0.120. The molecule has 1 aliphatic heterocycles. The van der Waals surface area contributed by atoms with E-state index in [1.807, 2.05) is 0 Å². The molecule has 1 aliphatic rings. The van der Waals surface area contributed by atoms with Crippen LogP contribution in [0.2, 0.25) is 0 Å². The molecule has 0 saturated carbocycles. The summed E-state index contributed by atoms with van der Waals surface area (Å²) in [6, 6.07) is 0.301. The molecule has 88 valence electrons. The number of rotatable bonds is 5. The van der Waals surface area contributed by atoms with Crippen molar-refractivity contribution in [1.82, 2.24) is 10.2 Å². The van der Waals surface area contributed by atoms with Crippen molar-refractivity contribution >= 4 is 5.91 Å². The molecule has 1 amide bonds. The van der Waals surface area contributed by atoms with Crippen molar-refractivity contribution in [3.05, 3.63) is 0 Å². The van der Waals surface area contributed by atoms with Crippen molar-refractivity contribution in [2.45, 2.75) is 32.2 Å². The van der Waals surface area contributed by atoms with E-state index in [9.17, 15) is 9.90 Å². The van der Waals surface area contributed by atoms with Crippen LogP contribution in [0.3, 0.4) is 0 Å². The molecule has 4 heteroatoms. The summed E-state index contributed by atoms with van der Waals surface area (Å²) in [6.45, 7) is 4.39. The summed E-state index contributed by atoms with van der Waals surface area (Å²) in [5, 5.41) is 11.9. The fourth-order valence-electron chi connectivity index (χ4n) is 2.23. The highest BCUT2D eigenvalue weighted by Gasteiger charge is 2.29. The second-order valence-corrected chi connectivity index (χ2v) is 4.33. The van der Waals surface area contributed by atoms with Crippen LogP contribution in [0.15, 0.2) is 0 Å². The maximum atomic E-state index is 11.0. The number of nitrogens with one attached hydrogen (secondary N) is 1. The number of carbonyl (C=O) groups excluding carboxylic acids is 1. The van der Waals surface area contributed by atoms with Crippen molar-refractivity contribution in [2.75, 3.05) is 26.7 Å². The first kappa shape index (κ1) is 12.5. The van der Waals surface area contributed by atoms with Gasteiger partial charge in [-0.1, -0.05) is 6.92 Å². The molecule has 0 aromatic rings. The highest BCUT2D eigenvalue weighted by Crippen LogP contribution is 2.23. The van der Waals surface area contributed by atoms with Gasteiger partial charge in [-0.3, -0.25) is 9.69 Å². The zero-order valence-corrected chi connectivity index (χ0v) is 9.70. The Balaban J connectivity index is 2.23. The number of likely N-dealkylation sites (tertiary alicyclic amines) is 1. The Bertz CT molecular complexity index is 209. The average Bonchev–Trinajstić information content (AvgIpc) is 2.59. The van der Waals surface area contributed by atoms with E-state index in [0.717, 1.165) is 25.9 Å². The van der Waals surface area contributed by atoms with Gasteiger partial charge >= 0.3 is 0 Å². The zero-order valence-electron chi connectivity index (χ0n) is 9.70. The monoisotopic (exact) mass is 214 g/mol. The van der Waals surface area contributed by atoms with E-state index in [2.05, 4.69) is 17.1 Å². The van der Waals surface area contributed by atoms with E-state index in [1.54, 1.807) is 7.05 Å². The quantitative estimate of drug-likeness (QED) is 0.688. The van der Waals surface area contributed by atoms with Gasteiger partial charge in [0, 0.05) is 19.5 Å². The van der Waals surface area contributed by atoms with E-state index in [1.165, 1.54) is 0 Å². The number of hydrogen-bond donors (Lipinski definition) is 2. The summed E-state index contributed by atoms with van der Waals surface area (Å²) in [7, 11) is 1.66. The van der Waals surface area contributed by atoms with Gasteiger partial charge in [-0.05, 0) is 31.8 Å². The SMILES string of the molecule is CNC(=O)CCCN1CCC(C)C1CO. The molecule has 1 saturated heterocycles. The minimum atomic E-state index is 0.0998. The topological polar surface area (TPSA) is 52.6 Å². The predicted octanol–water partition coefficient (Wildman–Crippen LogP) is 0.215. The lowest BCUT2D eigenvalue weighted by Gasteiger charge is -2.24. The fraction of sp³-hybridized carbons (Fsp3) is 0.909. The average molecular weight is 214 g/mol. The van der Waals surface area contributed by atoms with Gasteiger partial charge < -0.3 is 10.4 Å². The van der Waals surface area contributed by atoms with E-state index < -0.39 is 0 Å². The van der Waals surface area contributed by atoms with E-state index in [-0.39, 0.29) is 12.5 Å². The summed E-state index contributed by atoms with van der Waals surface area (Å²) in [5.41, 5.74) is 0. The Morgan fingerprint density at radius 2 is 2.33 bits per heavy atom. The van der Waals surface area contributed by atoms with Crippen LogP contribution in [0.25, 0.3) is 0 Å². The second-order valence-electron chi connectivity index (χ2n) is 4.33. The molecule has 2 unspecified atom stereocenters. The molecule has 1 heterocycles. The number of amides is 1. The number of carbonyl (C=O) groups is 1. The van der Waals surface area contributed by atoms with Crippen LogP contribution in [0, 0.1) is 5.92 Å². The van der Waals surface area contributed by atoms with Gasteiger partial charge in [0.25, 0.3) is 0 Å². The first-order valence-corrected chi connectivity index (χ1v) is 5.74. The Morgan fingerprint density at radius 1 is 1.60 bits per heavy atom. The molecule has 1 rings (SSSR count). The van der Waals surface area contributed by atoms with Crippen molar-refractivity contribution < 1.29 is 9.90 Å². The van der Waals surface area contributed by atoms with Crippen LogP contribution in [0.5, 0.6) is 0 Å².